The van der Waals surface area contributed by atoms with Gasteiger partial charge in [-0.1, -0.05) is 32.0 Å². The first-order valence-electron chi connectivity index (χ1n) is 3.13. The van der Waals surface area contributed by atoms with Crippen LogP contribution in [0.5, 0.6) is 0 Å². The van der Waals surface area contributed by atoms with Gasteiger partial charge in [-0.25, -0.2) is 0 Å². The zero-order chi connectivity index (χ0) is 5.11. The molecule has 1 saturated carbocycles. The molecule has 0 aromatic heterocycles. The average Bonchev–Trinajstić information content (AvgIpc) is 1.55. The van der Waals surface area contributed by atoms with Gasteiger partial charge in [0.25, 0.3) is 0 Å². The SMILES string of the molecule is [B]CCC1CCC1. The molecule has 0 aliphatic heterocycles. The molecule has 1 aliphatic rings. The number of rotatable bonds is 2. The zero-order valence-corrected chi connectivity index (χ0v) is 4.69. The molecule has 2 radical (unpaired) electrons. The van der Waals surface area contributed by atoms with Gasteiger partial charge < -0.3 is 0 Å². The second-order valence-corrected chi connectivity index (χ2v) is 2.37. The first-order chi connectivity index (χ1) is 3.43. The first-order valence-corrected chi connectivity index (χ1v) is 3.13. The number of hydrogen-bond donors (Lipinski definition) is 0. The molecule has 0 N–H and O–H groups in total. The van der Waals surface area contributed by atoms with Gasteiger partial charge >= 0.3 is 0 Å². The van der Waals surface area contributed by atoms with Gasteiger partial charge in [0.2, 0.25) is 0 Å². The van der Waals surface area contributed by atoms with Gasteiger partial charge in [-0.15, -0.1) is 0 Å². The van der Waals surface area contributed by atoms with Crippen molar-refractivity contribution in [3.63, 3.8) is 0 Å². The fourth-order valence-electron chi connectivity index (χ4n) is 1.02. The van der Waals surface area contributed by atoms with Crippen LogP contribution in [0.3, 0.4) is 0 Å². The summed E-state index contributed by atoms with van der Waals surface area (Å²) in [5.74, 6) is 1.00. The Morgan fingerprint density at radius 3 is 2.29 bits per heavy atom. The van der Waals surface area contributed by atoms with Crippen molar-refractivity contribution in [1.29, 1.82) is 0 Å². The van der Waals surface area contributed by atoms with Crippen LogP contribution in [0.15, 0.2) is 0 Å². The molecule has 0 saturated heterocycles. The van der Waals surface area contributed by atoms with E-state index in [1.165, 1.54) is 25.7 Å². The molecule has 0 amide bonds. The van der Waals surface area contributed by atoms with E-state index in [-0.39, 0.29) is 0 Å². The summed E-state index contributed by atoms with van der Waals surface area (Å²) in [7, 11) is 5.34. The van der Waals surface area contributed by atoms with Crippen LogP contribution in [-0.4, -0.2) is 7.85 Å². The Bertz CT molecular complexity index is 48.1. The fourth-order valence-corrected chi connectivity index (χ4v) is 1.02. The molecule has 0 nitrogen and oxygen atoms in total. The van der Waals surface area contributed by atoms with Gasteiger partial charge in [0, 0.05) is 0 Å². The molecule has 1 rings (SSSR count). The highest BCUT2D eigenvalue weighted by molar-refractivity contribution is 6.08. The summed E-state index contributed by atoms with van der Waals surface area (Å²) in [4.78, 5) is 0. The van der Waals surface area contributed by atoms with Crippen molar-refractivity contribution < 1.29 is 0 Å². The highest BCUT2D eigenvalue weighted by atomic mass is 14.2. The third kappa shape index (κ3) is 1.22. The Morgan fingerprint density at radius 2 is 2.14 bits per heavy atom. The van der Waals surface area contributed by atoms with E-state index >= 15 is 0 Å². The molecule has 0 atom stereocenters. The van der Waals surface area contributed by atoms with Crippen LogP contribution >= 0.6 is 0 Å². The molecule has 7 heavy (non-hydrogen) atoms. The normalized spacial score (nSPS) is 21.7. The molecule has 0 heterocycles. The quantitative estimate of drug-likeness (QED) is 0.457. The summed E-state index contributed by atoms with van der Waals surface area (Å²) in [6.07, 6.45) is 6.49. The minimum Gasteiger partial charge on any atom is -0.0884 e. The molecule has 0 aromatic rings. The first kappa shape index (κ1) is 5.21. The second-order valence-electron chi connectivity index (χ2n) is 2.37. The smallest absolute Gasteiger partial charge is 0.0653 e. The molecule has 0 aromatic carbocycles. The lowest BCUT2D eigenvalue weighted by Gasteiger charge is -2.24. The van der Waals surface area contributed by atoms with Gasteiger partial charge in [0.1, 0.15) is 0 Å². The Balaban J connectivity index is 1.93. The van der Waals surface area contributed by atoms with Gasteiger partial charge in [0.15, 0.2) is 0 Å². The maximum absolute atomic E-state index is 5.34. The van der Waals surface area contributed by atoms with Gasteiger partial charge in [-0.05, 0) is 5.92 Å². The molecular weight excluding hydrogens is 82.9 g/mol. The van der Waals surface area contributed by atoms with Crippen LogP contribution in [0, 0.1) is 5.92 Å². The molecule has 1 aliphatic carbocycles. The molecule has 0 spiro atoms. The van der Waals surface area contributed by atoms with E-state index in [4.69, 9.17) is 7.85 Å². The lowest BCUT2D eigenvalue weighted by molar-refractivity contribution is 0.307. The van der Waals surface area contributed by atoms with Crippen LogP contribution in [0.4, 0.5) is 0 Å². The molecule has 1 heteroatoms. The van der Waals surface area contributed by atoms with Crippen LogP contribution in [0.2, 0.25) is 6.32 Å². The highest BCUT2D eigenvalue weighted by Gasteiger charge is 2.14. The third-order valence-corrected chi connectivity index (χ3v) is 1.80. The van der Waals surface area contributed by atoms with E-state index in [0.717, 1.165) is 12.2 Å². The Hall–Kier alpha value is 0.0649. The van der Waals surface area contributed by atoms with E-state index in [0.29, 0.717) is 0 Å². The molecular formula is C6H11B. The van der Waals surface area contributed by atoms with Gasteiger partial charge in [-0.2, -0.15) is 0 Å². The average molecular weight is 94.0 g/mol. The topological polar surface area (TPSA) is 0 Å². The maximum Gasteiger partial charge on any atom is 0.0653 e. The Morgan fingerprint density at radius 1 is 1.43 bits per heavy atom. The monoisotopic (exact) mass is 94.1 g/mol. The van der Waals surface area contributed by atoms with Crippen LogP contribution in [0.25, 0.3) is 0 Å². The van der Waals surface area contributed by atoms with Crippen molar-refractivity contribution in [2.45, 2.75) is 32.0 Å². The Labute approximate surface area is 46.7 Å². The minimum atomic E-state index is 0.894. The van der Waals surface area contributed by atoms with Crippen molar-refractivity contribution in [3.05, 3.63) is 0 Å². The largest absolute Gasteiger partial charge is 0.0884 e. The van der Waals surface area contributed by atoms with Crippen molar-refractivity contribution >= 4 is 7.85 Å². The second kappa shape index (κ2) is 2.39. The molecule has 0 unspecified atom stereocenters. The summed E-state index contributed by atoms with van der Waals surface area (Å²) in [5, 5.41) is 0. The van der Waals surface area contributed by atoms with E-state index in [1.807, 2.05) is 0 Å². The predicted molar refractivity (Wildman–Crippen MR) is 32.5 cm³/mol. The van der Waals surface area contributed by atoms with Crippen LogP contribution in [-0.2, 0) is 0 Å². The Kier molecular flexibility index (Phi) is 1.78. The molecule has 0 bridgehead atoms. The highest BCUT2D eigenvalue weighted by Crippen LogP contribution is 2.29. The molecule has 38 valence electrons. The lowest BCUT2D eigenvalue weighted by Crippen LogP contribution is -2.09. The van der Waals surface area contributed by atoms with Crippen molar-refractivity contribution in [2.24, 2.45) is 5.92 Å². The summed E-state index contributed by atoms with van der Waals surface area (Å²) in [5.41, 5.74) is 0. The standard InChI is InChI=1S/C6H11B/c7-5-4-6-2-1-3-6/h6H,1-5H2. The summed E-state index contributed by atoms with van der Waals surface area (Å²) in [6.45, 7) is 0. The summed E-state index contributed by atoms with van der Waals surface area (Å²) in [6, 6.07) is 0. The van der Waals surface area contributed by atoms with Crippen molar-refractivity contribution in [3.8, 4) is 0 Å². The minimum absolute atomic E-state index is 0.894. The van der Waals surface area contributed by atoms with Crippen LogP contribution in [0.1, 0.15) is 25.7 Å². The van der Waals surface area contributed by atoms with E-state index in [9.17, 15) is 0 Å². The molecule has 1 fully saturated rings. The maximum atomic E-state index is 5.34. The van der Waals surface area contributed by atoms with Gasteiger partial charge in [0.05, 0.1) is 7.85 Å². The van der Waals surface area contributed by atoms with E-state index in [2.05, 4.69) is 0 Å². The summed E-state index contributed by atoms with van der Waals surface area (Å²) < 4.78 is 0. The van der Waals surface area contributed by atoms with Crippen LogP contribution < -0.4 is 0 Å². The zero-order valence-electron chi connectivity index (χ0n) is 4.69. The third-order valence-electron chi connectivity index (χ3n) is 1.80. The van der Waals surface area contributed by atoms with E-state index in [1.54, 1.807) is 0 Å². The number of hydrogen-bond acceptors (Lipinski definition) is 0. The van der Waals surface area contributed by atoms with Crippen molar-refractivity contribution in [2.75, 3.05) is 0 Å². The van der Waals surface area contributed by atoms with Crippen molar-refractivity contribution in [1.82, 2.24) is 0 Å². The predicted octanol–water partition coefficient (Wildman–Crippen LogP) is 1.76. The fraction of sp³-hybridized carbons (Fsp3) is 1.00. The summed E-state index contributed by atoms with van der Waals surface area (Å²) >= 11 is 0. The van der Waals surface area contributed by atoms with Gasteiger partial charge in [-0.3, -0.25) is 0 Å². The van der Waals surface area contributed by atoms with E-state index < -0.39 is 0 Å². The lowest BCUT2D eigenvalue weighted by atomic mass is 9.79.